The van der Waals surface area contributed by atoms with Gasteiger partial charge in [-0.25, -0.2) is 0 Å². The Kier molecular flexibility index (Phi) is 4.18. The van der Waals surface area contributed by atoms with Crippen molar-refractivity contribution in [2.75, 3.05) is 4.90 Å². The summed E-state index contributed by atoms with van der Waals surface area (Å²) >= 11 is 0. The Bertz CT molecular complexity index is 1060. The quantitative estimate of drug-likeness (QED) is 0.377. The van der Waals surface area contributed by atoms with Crippen molar-refractivity contribution in [1.82, 2.24) is 10.2 Å². The van der Waals surface area contributed by atoms with Crippen molar-refractivity contribution in [1.29, 1.82) is 0 Å². The van der Waals surface area contributed by atoms with Gasteiger partial charge in [0.25, 0.3) is 0 Å². The van der Waals surface area contributed by atoms with Crippen molar-refractivity contribution in [3.8, 4) is 11.5 Å². The molecule has 0 amide bonds. The Labute approximate surface area is 167 Å². The Morgan fingerprint density at radius 3 is 2.21 bits per heavy atom. The lowest BCUT2D eigenvalue weighted by atomic mass is 9.84. The molecule has 4 nitrogen and oxygen atoms in total. The molecule has 1 aromatic heterocycles. The van der Waals surface area contributed by atoms with Crippen LogP contribution in [0.5, 0.6) is 11.5 Å². The summed E-state index contributed by atoms with van der Waals surface area (Å²) in [7, 11) is 0. The molecule has 4 rings (SSSR count). The van der Waals surface area contributed by atoms with E-state index in [1.165, 1.54) is 22.3 Å². The Hall–Kier alpha value is -2.88. The molecule has 28 heavy (non-hydrogen) atoms. The standard InChI is InChI=1S/C24H27N3O/c1-14-8-9-19-20(10-14)28-22-17(4)13-25-26-23(22)27(19)21-15(2)11-18(12-16(21)3)24(5,6)7/h8-13H,1-7H3. The molecular formula is C24H27N3O. The molecule has 0 saturated carbocycles. The van der Waals surface area contributed by atoms with E-state index in [0.717, 1.165) is 34.3 Å². The summed E-state index contributed by atoms with van der Waals surface area (Å²) in [5, 5.41) is 8.67. The molecular weight excluding hydrogens is 346 g/mol. The first-order valence-electron chi connectivity index (χ1n) is 9.69. The third-order valence-corrected chi connectivity index (χ3v) is 5.33. The van der Waals surface area contributed by atoms with Crippen LogP contribution in [0.2, 0.25) is 0 Å². The van der Waals surface area contributed by atoms with E-state index in [0.29, 0.717) is 0 Å². The number of hydrogen-bond donors (Lipinski definition) is 0. The predicted molar refractivity (Wildman–Crippen MR) is 114 cm³/mol. The molecule has 0 fully saturated rings. The number of benzene rings is 2. The summed E-state index contributed by atoms with van der Waals surface area (Å²) in [4.78, 5) is 2.20. The number of ether oxygens (including phenoxy) is 1. The highest BCUT2D eigenvalue weighted by Crippen LogP contribution is 2.52. The van der Waals surface area contributed by atoms with E-state index in [-0.39, 0.29) is 5.41 Å². The Morgan fingerprint density at radius 2 is 1.57 bits per heavy atom. The number of nitrogens with zero attached hydrogens (tertiary/aromatic N) is 3. The van der Waals surface area contributed by atoms with E-state index in [9.17, 15) is 0 Å². The molecule has 2 aromatic carbocycles. The highest BCUT2D eigenvalue weighted by molar-refractivity contribution is 5.87. The summed E-state index contributed by atoms with van der Waals surface area (Å²) in [5.41, 5.74) is 8.14. The fraction of sp³-hybridized carbons (Fsp3) is 0.333. The highest BCUT2D eigenvalue weighted by Gasteiger charge is 2.31. The van der Waals surface area contributed by atoms with Crippen molar-refractivity contribution in [3.05, 3.63) is 64.3 Å². The molecule has 0 aliphatic carbocycles. The second-order valence-electron chi connectivity index (χ2n) is 8.80. The first-order chi connectivity index (χ1) is 13.2. The first-order valence-corrected chi connectivity index (χ1v) is 9.69. The number of aromatic nitrogens is 2. The summed E-state index contributed by atoms with van der Waals surface area (Å²) < 4.78 is 6.25. The van der Waals surface area contributed by atoms with Gasteiger partial charge >= 0.3 is 0 Å². The minimum atomic E-state index is 0.0996. The van der Waals surface area contributed by atoms with Gasteiger partial charge in [0.15, 0.2) is 11.5 Å². The molecule has 0 radical (unpaired) electrons. The zero-order valence-electron chi connectivity index (χ0n) is 17.7. The van der Waals surface area contributed by atoms with Crippen molar-refractivity contribution in [2.24, 2.45) is 0 Å². The smallest absolute Gasteiger partial charge is 0.203 e. The van der Waals surface area contributed by atoms with Crippen LogP contribution in [0.3, 0.4) is 0 Å². The summed E-state index contributed by atoms with van der Waals surface area (Å²) in [6.07, 6.45) is 1.75. The van der Waals surface area contributed by atoms with Gasteiger partial charge in [-0.2, -0.15) is 5.10 Å². The van der Waals surface area contributed by atoms with Crippen LogP contribution in [0.25, 0.3) is 0 Å². The van der Waals surface area contributed by atoms with Gasteiger partial charge in [-0.15, -0.1) is 5.10 Å². The number of fused-ring (bicyclic) bond motifs is 2. The molecule has 0 N–H and O–H groups in total. The molecule has 1 aliphatic heterocycles. The van der Waals surface area contributed by atoms with E-state index in [4.69, 9.17) is 4.74 Å². The van der Waals surface area contributed by atoms with Gasteiger partial charge in [0.05, 0.1) is 17.6 Å². The number of anilines is 3. The molecule has 144 valence electrons. The number of hydrogen-bond acceptors (Lipinski definition) is 4. The predicted octanol–water partition coefficient (Wildman–Crippen LogP) is 6.58. The number of aryl methyl sites for hydroxylation is 4. The molecule has 4 heteroatoms. The van der Waals surface area contributed by atoms with Crippen molar-refractivity contribution >= 4 is 17.2 Å². The average Bonchev–Trinajstić information content (AvgIpc) is 2.60. The summed E-state index contributed by atoms with van der Waals surface area (Å²) in [6.45, 7) is 15.2. The monoisotopic (exact) mass is 373 g/mol. The van der Waals surface area contributed by atoms with Gasteiger partial charge in [-0.1, -0.05) is 39.0 Å². The van der Waals surface area contributed by atoms with Crippen LogP contribution in [0.1, 0.15) is 48.6 Å². The minimum absolute atomic E-state index is 0.0996. The molecule has 2 heterocycles. The minimum Gasteiger partial charge on any atom is -0.451 e. The zero-order valence-corrected chi connectivity index (χ0v) is 17.7. The van der Waals surface area contributed by atoms with Crippen LogP contribution in [-0.2, 0) is 5.41 Å². The maximum absolute atomic E-state index is 6.25. The maximum atomic E-state index is 6.25. The molecule has 3 aromatic rings. The lowest BCUT2D eigenvalue weighted by Crippen LogP contribution is -2.21. The maximum Gasteiger partial charge on any atom is 0.203 e. The fourth-order valence-electron chi connectivity index (χ4n) is 3.80. The first kappa shape index (κ1) is 18.5. The zero-order chi connectivity index (χ0) is 20.2. The average molecular weight is 374 g/mol. The largest absolute Gasteiger partial charge is 0.451 e. The SMILES string of the molecule is Cc1ccc2c(c1)Oc1c(C)cnnc1N2c1c(C)cc(C(C)(C)C)cc1C. The Balaban J connectivity index is 2.00. The van der Waals surface area contributed by atoms with Crippen LogP contribution in [0, 0.1) is 27.7 Å². The fourth-order valence-corrected chi connectivity index (χ4v) is 3.80. The van der Waals surface area contributed by atoms with Crippen LogP contribution in [0.4, 0.5) is 17.2 Å². The van der Waals surface area contributed by atoms with E-state index in [1.54, 1.807) is 6.20 Å². The van der Waals surface area contributed by atoms with Crippen molar-refractivity contribution < 1.29 is 4.74 Å². The van der Waals surface area contributed by atoms with E-state index in [2.05, 4.69) is 87.0 Å². The van der Waals surface area contributed by atoms with Gasteiger partial charge in [0.2, 0.25) is 5.82 Å². The van der Waals surface area contributed by atoms with Crippen molar-refractivity contribution in [3.63, 3.8) is 0 Å². The summed E-state index contributed by atoms with van der Waals surface area (Å²) in [5.74, 6) is 2.36. The van der Waals surface area contributed by atoms with Crippen LogP contribution in [0.15, 0.2) is 36.5 Å². The van der Waals surface area contributed by atoms with Crippen LogP contribution >= 0.6 is 0 Å². The van der Waals surface area contributed by atoms with Gasteiger partial charge in [-0.05, 0) is 67.5 Å². The second kappa shape index (κ2) is 6.33. The molecule has 1 aliphatic rings. The topological polar surface area (TPSA) is 38.3 Å². The van der Waals surface area contributed by atoms with Crippen molar-refractivity contribution in [2.45, 2.75) is 53.9 Å². The number of rotatable bonds is 1. The molecule has 0 spiro atoms. The van der Waals surface area contributed by atoms with Crippen LogP contribution in [-0.4, -0.2) is 10.2 Å². The van der Waals surface area contributed by atoms with Crippen LogP contribution < -0.4 is 9.64 Å². The van der Waals surface area contributed by atoms with E-state index >= 15 is 0 Å². The van der Waals surface area contributed by atoms with E-state index in [1.807, 2.05) is 6.92 Å². The molecule has 0 atom stereocenters. The third kappa shape index (κ3) is 2.93. The Morgan fingerprint density at radius 1 is 0.893 bits per heavy atom. The van der Waals surface area contributed by atoms with Gasteiger partial charge in [0.1, 0.15) is 0 Å². The van der Waals surface area contributed by atoms with Gasteiger partial charge in [0, 0.05) is 5.56 Å². The summed E-state index contributed by atoms with van der Waals surface area (Å²) in [6, 6.07) is 10.9. The molecule has 0 bridgehead atoms. The highest BCUT2D eigenvalue weighted by atomic mass is 16.5. The third-order valence-electron chi connectivity index (χ3n) is 5.33. The van der Waals surface area contributed by atoms with E-state index < -0.39 is 0 Å². The molecule has 0 unspecified atom stereocenters. The normalized spacial score (nSPS) is 13.0. The second-order valence-corrected chi connectivity index (χ2v) is 8.80. The molecule has 0 saturated heterocycles. The van der Waals surface area contributed by atoms with Gasteiger partial charge < -0.3 is 4.74 Å². The van der Waals surface area contributed by atoms with Gasteiger partial charge in [-0.3, -0.25) is 4.90 Å². The lowest BCUT2D eigenvalue weighted by Gasteiger charge is -2.34. The lowest BCUT2D eigenvalue weighted by molar-refractivity contribution is 0.467.